The minimum atomic E-state index is 0.703. The number of hydrogen-bond donors (Lipinski definition) is 1. The highest BCUT2D eigenvalue weighted by Crippen LogP contribution is 2.15. The van der Waals surface area contributed by atoms with Crippen molar-refractivity contribution in [2.24, 2.45) is 5.92 Å². The Morgan fingerprint density at radius 2 is 2.46 bits per heavy atom. The summed E-state index contributed by atoms with van der Waals surface area (Å²) < 4.78 is 5.39. The quantitative estimate of drug-likeness (QED) is 0.669. The highest BCUT2D eigenvalue weighted by molar-refractivity contribution is 4.79. The van der Waals surface area contributed by atoms with Gasteiger partial charge in [0.15, 0.2) is 0 Å². The van der Waals surface area contributed by atoms with Crippen molar-refractivity contribution in [2.75, 3.05) is 39.4 Å². The maximum Gasteiger partial charge on any atom is 0.0507 e. The molecule has 13 heavy (non-hydrogen) atoms. The van der Waals surface area contributed by atoms with Crippen LogP contribution in [-0.4, -0.2) is 50.3 Å². The van der Waals surface area contributed by atoms with Crippen molar-refractivity contribution in [3.05, 3.63) is 0 Å². The third kappa shape index (κ3) is 2.42. The second-order valence-electron chi connectivity index (χ2n) is 4.28. The third-order valence-electron chi connectivity index (χ3n) is 3.16. The summed E-state index contributed by atoms with van der Waals surface area (Å²) in [6.07, 6.45) is 1.26. The molecule has 2 saturated heterocycles. The molecular formula is C10H20N2O. The summed E-state index contributed by atoms with van der Waals surface area (Å²) in [5.41, 5.74) is 0. The molecule has 0 bridgehead atoms. The number of nitrogens with one attached hydrogen (secondary N) is 1. The summed E-state index contributed by atoms with van der Waals surface area (Å²) in [6, 6.07) is 0.703. The zero-order chi connectivity index (χ0) is 9.10. The first-order chi connectivity index (χ1) is 6.36. The van der Waals surface area contributed by atoms with Crippen molar-refractivity contribution >= 4 is 0 Å². The Morgan fingerprint density at radius 1 is 1.54 bits per heavy atom. The van der Waals surface area contributed by atoms with Gasteiger partial charge < -0.3 is 10.1 Å². The molecule has 3 heteroatoms. The number of piperazine rings is 1. The van der Waals surface area contributed by atoms with Crippen LogP contribution in [-0.2, 0) is 4.74 Å². The molecule has 3 nitrogen and oxygen atoms in total. The van der Waals surface area contributed by atoms with Crippen LogP contribution in [0, 0.1) is 5.92 Å². The van der Waals surface area contributed by atoms with E-state index < -0.39 is 0 Å². The maximum absolute atomic E-state index is 5.39. The van der Waals surface area contributed by atoms with Crippen molar-refractivity contribution in [1.82, 2.24) is 10.2 Å². The lowest BCUT2D eigenvalue weighted by atomic mass is 10.1. The van der Waals surface area contributed by atoms with E-state index in [0.717, 1.165) is 32.2 Å². The lowest BCUT2D eigenvalue weighted by molar-refractivity contribution is 0.131. The second kappa shape index (κ2) is 4.40. The van der Waals surface area contributed by atoms with Gasteiger partial charge in [-0.05, 0) is 19.3 Å². The van der Waals surface area contributed by atoms with Crippen LogP contribution in [0.5, 0.6) is 0 Å². The molecule has 2 aliphatic rings. The smallest absolute Gasteiger partial charge is 0.0507 e. The van der Waals surface area contributed by atoms with Gasteiger partial charge in [0.2, 0.25) is 0 Å². The van der Waals surface area contributed by atoms with Crippen LogP contribution >= 0.6 is 0 Å². The summed E-state index contributed by atoms with van der Waals surface area (Å²) in [7, 11) is 0. The Morgan fingerprint density at radius 3 is 3.15 bits per heavy atom. The average molecular weight is 184 g/mol. The largest absolute Gasteiger partial charge is 0.381 e. The lowest BCUT2D eigenvalue weighted by Gasteiger charge is -2.35. The fraction of sp³-hybridized carbons (Fsp3) is 1.00. The van der Waals surface area contributed by atoms with Gasteiger partial charge in [-0.15, -0.1) is 0 Å². The van der Waals surface area contributed by atoms with E-state index in [9.17, 15) is 0 Å². The molecule has 0 saturated carbocycles. The second-order valence-corrected chi connectivity index (χ2v) is 4.28. The fourth-order valence-electron chi connectivity index (χ4n) is 2.21. The first-order valence-electron chi connectivity index (χ1n) is 5.39. The van der Waals surface area contributed by atoms with Gasteiger partial charge in [-0.25, -0.2) is 0 Å². The Balaban J connectivity index is 1.78. The molecule has 2 fully saturated rings. The minimum absolute atomic E-state index is 0.703. The molecule has 2 atom stereocenters. The zero-order valence-corrected chi connectivity index (χ0v) is 8.46. The molecule has 1 N–H and O–H groups in total. The summed E-state index contributed by atoms with van der Waals surface area (Å²) in [5.74, 6) is 0.792. The van der Waals surface area contributed by atoms with Gasteiger partial charge in [-0.2, -0.15) is 0 Å². The normalized spacial score (nSPS) is 36.7. The SMILES string of the molecule is C[C@@H]1CNCCN1CC1CCOC1. The Hall–Kier alpha value is -0.120. The fourth-order valence-corrected chi connectivity index (χ4v) is 2.21. The molecule has 0 spiro atoms. The van der Waals surface area contributed by atoms with Crippen LogP contribution in [0.1, 0.15) is 13.3 Å². The van der Waals surface area contributed by atoms with Crippen molar-refractivity contribution in [3.8, 4) is 0 Å². The van der Waals surface area contributed by atoms with E-state index >= 15 is 0 Å². The number of ether oxygens (including phenoxy) is 1. The zero-order valence-electron chi connectivity index (χ0n) is 8.46. The summed E-state index contributed by atoms with van der Waals surface area (Å²) in [6.45, 7) is 9.01. The van der Waals surface area contributed by atoms with Crippen molar-refractivity contribution in [2.45, 2.75) is 19.4 Å². The molecule has 0 radical (unpaired) electrons. The molecule has 0 aromatic rings. The molecule has 2 heterocycles. The maximum atomic E-state index is 5.39. The standard InChI is InChI=1S/C10H20N2O/c1-9-6-11-3-4-12(9)7-10-2-5-13-8-10/h9-11H,2-8H2,1H3/t9-,10?/m1/s1. The van der Waals surface area contributed by atoms with Crippen LogP contribution in [0.2, 0.25) is 0 Å². The molecular weight excluding hydrogens is 164 g/mol. The summed E-state index contributed by atoms with van der Waals surface area (Å²) in [5, 5.41) is 3.42. The molecule has 1 unspecified atom stereocenters. The van der Waals surface area contributed by atoms with Gasteiger partial charge in [-0.1, -0.05) is 0 Å². The number of rotatable bonds is 2. The van der Waals surface area contributed by atoms with Gasteiger partial charge in [0.1, 0.15) is 0 Å². The Kier molecular flexibility index (Phi) is 3.19. The topological polar surface area (TPSA) is 24.5 Å². The van der Waals surface area contributed by atoms with Crippen LogP contribution in [0.15, 0.2) is 0 Å². The minimum Gasteiger partial charge on any atom is -0.381 e. The molecule has 0 aromatic carbocycles. The lowest BCUT2D eigenvalue weighted by Crippen LogP contribution is -2.51. The van der Waals surface area contributed by atoms with Crippen molar-refractivity contribution < 1.29 is 4.74 Å². The van der Waals surface area contributed by atoms with Crippen LogP contribution in [0.4, 0.5) is 0 Å². The van der Waals surface area contributed by atoms with Crippen LogP contribution < -0.4 is 5.32 Å². The highest BCUT2D eigenvalue weighted by atomic mass is 16.5. The van der Waals surface area contributed by atoms with Gasteiger partial charge in [0.05, 0.1) is 6.61 Å². The number of hydrogen-bond acceptors (Lipinski definition) is 3. The van der Waals surface area contributed by atoms with Crippen molar-refractivity contribution in [1.29, 1.82) is 0 Å². The molecule has 2 rings (SSSR count). The third-order valence-corrected chi connectivity index (χ3v) is 3.16. The van der Waals surface area contributed by atoms with E-state index in [0.29, 0.717) is 6.04 Å². The van der Waals surface area contributed by atoms with Gasteiger partial charge in [-0.3, -0.25) is 4.90 Å². The first kappa shape index (κ1) is 9.44. The predicted molar refractivity (Wildman–Crippen MR) is 52.8 cm³/mol. The molecule has 0 amide bonds. The van der Waals surface area contributed by atoms with E-state index in [4.69, 9.17) is 4.74 Å². The van der Waals surface area contributed by atoms with E-state index in [1.807, 2.05) is 0 Å². The van der Waals surface area contributed by atoms with Gasteiger partial charge in [0.25, 0.3) is 0 Å². The van der Waals surface area contributed by atoms with E-state index in [1.165, 1.54) is 19.5 Å². The number of nitrogens with zero attached hydrogens (tertiary/aromatic N) is 1. The monoisotopic (exact) mass is 184 g/mol. The Labute approximate surface area is 80.4 Å². The highest BCUT2D eigenvalue weighted by Gasteiger charge is 2.23. The summed E-state index contributed by atoms with van der Waals surface area (Å²) >= 11 is 0. The van der Waals surface area contributed by atoms with E-state index in [1.54, 1.807) is 0 Å². The van der Waals surface area contributed by atoms with E-state index in [2.05, 4.69) is 17.1 Å². The van der Waals surface area contributed by atoms with Gasteiger partial charge in [0, 0.05) is 38.8 Å². The summed E-state index contributed by atoms with van der Waals surface area (Å²) in [4.78, 5) is 2.59. The first-order valence-corrected chi connectivity index (χ1v) is 5.39. The van der Waals surface area contributed by atoms with Crippen LogP contribution in [0.3, 0.4) is 0 Å². The predicted octanol–water partition coefficient (Wildman–Crippen LogP) is 0.317. The van der Waals surface area contributed by atoms with E-state index in [-0.39, 0.29) is 0 Å². The van der Waals surface area contributed by atoms with Crippen LogP contribution in [0.25, 0.3) is 0 Å². The Bertz CT molecular complexity index is 157. The molecule has 2 aliphatic heterocycles. The van der Waals surface area contributed by atoms with Crippen molar-refractivity contribution in [3.63, 3.8) is 0 Å². The average Bonchev–Trinajstić information content (AvgIpc) is 2.61. The molecule has 0 aromatic heterocycles. The van der Waals surface area contributed by atoms with Gasteiger partial charge >= 0.3 is 0 Å². The molecule has 76 valence electrons. The molecule has 0 aliphatic carbocycles.